The van der Waals surface area contributed by atoms with Gasteiger partial charge in [-0.3, -0.25) is 0 Å². The molecule has 1 aromatic rings. The van der Waals surface area contributed by atoms with Gasteiger partial charge in [-0.05, 0) is 69.3 Å². The zero-order valence-corrected chi connectivity index (χ0v) is 21.6. The van der Waals surface area contributed by atoms with Crippen molar-refractivity contribution in [3.63, 3.8) is 0 Å². The van der Waals surface area contributed by atoms with Gasteiger partial charge in [0.2, 0.25) is 0 Å². The van der Waals surface area contributed by atoms with Crippen LogP contribution in [0.1, 0.15) is 44.7 Å². The first-order chi connectivity index (χ1) is 13.7. The van der Waals surface area contributed by atoms with Crippen molar-refractivity contribution in [3.8, 4) is 0 Å². The number of aliphatic imine (C=N–C) groups is 1. The summed E-state index contributed by atoms with van der Waals surface area (Å²) in [5, 5.41) is 6.62. The van der Waals surface area contributed by atoms with Gasteiger partial charge in [0.15, 0.2) is 15.8 Å². The number of likely N-dealkylation sites (tertiary alicyclic amines) is 1. The van der Waals surface area contributed by atoms with E-state index in [4.69, 9.17) is 0 Å². The molecule has 1 heterocycles. The average Bonchev–Trinajstić information content (AvgIpc) is 2.65. The highest BCUT2D eigenvalue weighted by atomic mass is 127. The number of halogens is 2. The molecule has 2 rings (SSSR count). The Morgan fingerprint density at radius 2 is 2.03 bits per heavy atom. The lowest BCUT2D eigenvalue weighted by Crippen LogP contribution is -2.46. The zero-order chi connectivity index (χ0) is 21.4. The van der Waals surface area contributed by atoms with Crippen LogP contribution in [0.15, 0.2) is 23.2 Å². The molecule has 6 nitrogen and oxygen atoms in total. The van der Waals surface area contributed by atoms with Crippen molar-refractivity contribution in [2.45, 2.75) is 52.0 Å². The lowest BCUT2D eigenvalue weighted by Gasteiger charge is -2.35. The summed E-state index contributed by atoms with van der Waals surface area (Å²) in [7, 11) is -3.21. The second-order valence-corrected chi connectivity index (χ2v) is 10.3. The van der Waals surface area contributed by atoms with Gasteiger partial charge in [-0.15, -0.1) is 24.0 Å². The largest absolute Gasteiger partial charge is 0.357 e. The minimum absolute atomic E-state index is 0. The predicted molar refractivity (Wildman–Crippen MR) is 133 cm³/mol. The molecular weight excluding hydrogens is 518 g/mol. The number of benzene rings is 1. The van der Waals surface area contributed by atoms with Gasteiger partial charge in [0.1, 0.15) is 5.82 Å². The van der Waals surface area contributed by atoms with Gasteiger partial charge in [-0.2, -0.15) is 0 Å². The Morgan fingerprint density at radius 3 is 2.67 bits per heavy atom. The molecule has 0 aromatic heterocycles. The molecule has 0 radical (unpaired) electrons. The molecule has 1 fully saturated rings. The monoisotopic (exact) mass is 554 g/mol. The third kappa shape index (κ3) is 9.47. The Kier molecular flexibility index (Phi) is 11.6. The molecule has 0 saturated carbocycles. The fourth-order valence-corrected chi connectivity index (χ4v) is 4.49. The van der Waals surface area contributed by atoms with Crippen molar-refractivity contribution in [2.75, 3.05) is 32.4 Å². The summed E-state index contributed by atoms with van der Waals surface area (Å²) in [6.45, 7) is 10.5. The Morgan fingerprint density at radius 1 is 1.30 bits per heavy atom. The first-order valence-corrected chi connectivity index (χ1v) is 12.4. The third-order valence-corrected chi connectivity index (χ3v) is 6.01. The predicted octanol–water partition coefficient (Wildman–Crippen LogP) is 3.16. The van der Waals surface area contributed by atoms with E-state index in [0.29, 0.717) is 35.6 Å². The standard InChI is InChI=1S/C21H35FN4O2S.HI/c1-5-23-21(24-12-17-7-6-10-26(14-17)16(2)3)25-13-19-11-20(22)9-8-18(19)15-29(4,27)28;/h8-9,11,16-17H,5-7,10,12-15H2,1-4H3,(H2,23,24,25);1H. The van der Waals surface area contributed by atoms with Crippen molar-refractivity contribution in [1.29, 1.82) is 0 Å². The SMILES string of the molecule is CCNC(=NCc1cc(F)ccc1CS(C)(=O)=O)NCC1CCCN(C(C)C)C1.I. The molecule has 0 aliphatic carbocycles. The Hall–Kier alpha value is -0.940. The van der Waals surface area contributed by atoms with Crippen molar-refractivity contribution in [1.82, 2.24) is 15.5 Å². The van der Waals surface area contributed by atoms with Gasteiger partial charge >= 0.3 is 0 Å². The number of nitrogens with zero attached hydrogens (tertiary/aromatic N) is 2. The van der Waals surface area contributed by atoms with Gasteiger partial charge in [0.25, 0.3) is 0 Å². The van der Waals surface area contributed by atoms with Crippen LogP contribution >= 0.6 is 24.0 Å². The van der Waals surface area contributed by atoms with E-state index in [0.717, 1.165) is 19.6 Å². The summed E-state index contributed by atoms with van der Waals surface area (Å²) in [5.74, 6) is 0.727. The van der Waals surface area contributed by atoms with Crippen LogP contribution in [0.3, 0.4) is 0 Å². The van der Waals surface area contributed by atoms with E-state index < -0.39 is 9.84 Å². The maximum absolute atomic E-state index is 13.7. The van der Waals surface area contributed by atoms with Crippen LogP contribution in [-0.4, -0.2) is 57.8 Å². The second-order valence-electron chi connectivity index (χ2n) is 8.16. The molecule has 30 heavy (non-hydrogen) atoms. The number of guanidine groups is 1. The summed E-state index contributed by atoms with van der Waals surface area (Å²) in [6, 6.07) is 4.75. The molecule has 1 aromatic carbocycles. The summed E-state index contributed by atoms with van der Waals surface area (Å²) >= 11 is 0. The van der Waals surface area contributed by atoms with E-state index in [9.17, 15) is 12.8 Å². The van der Waals surface area contributed by atoms with Gasteiger partial charge in [-0.25, -0.2) is 17.8 Å². The minimum atomic E-state index is -3.21. The van der Waals surface area contributed by atoms with E-state index in [1.807, 2.05) is 6.92 Å². The molecule has 9 heteroatoms. The molecule has 2 N–H and O–H groups in total. The second kappa shape index (κ2) is 12.8. The van der Waals surface area contributed by atoms with Crippen LogP contribution in [0, 0.1) is 11.7 Å². The summed E-state index contributed by atoms with van der Waals surface area (Å²) < 4.78 is 37.1. The molecule has 0 spiro atoms. The van der Waals surface area contributed by atoms with Crippen LogP contribution in [0.4, 0.5) is 4.39 Å². The summed E-state index contributed by atoms with van der Waals surface area (Å²) in [4.78, 5) is 7.08. The Bertz CT molecular complexity index is 802. The van der Waals surface area contributed by atoms with Crippen LogP contribution < -0.4 is 10.6 Å². The number of rotatable bonds is 8. The Labute approximate surface area is 198 Å². The minimum Gasteiger partial charge on any atom is -0.357 e. The molecule has 1 aliphatic heterocycles. The normalized spacial score (nSPS) is 18.2. The van der Waals surface area contributed by atoms with Crippen molar-refractivity contribution >= 4 is 39.8 Å². The molecular formula is C21H36FIN4O2S. The van der Waals surface area contributed by atoms with Gasteiger partial charge in [0, 0.05) is 31.9 Å². The fourth-order valence-electron chi connectivity index (χ4n) is 3.64. The molecule has 172 valence electrons. The lowest BCUT2D eigenvalue weighted by molar-refractivity contribution is 0.141. The number of hydrogen-bond donors (Lipinski definition) is 2. The quantitative estimate of drug-likeness (QED) is 0.294. The molecule has 1 atom stereocenters. The van der Waals surface area contributed by atoms with Crippen molar-refractivity contribution in [2.24, 2.45) is 10.9 Å². The van der Waals surface area contributed by atoms with Crippen LogP contribution in [0.2, 0.25) is 0 Å². The smallest absolute Gasteiger partial charge is 0.191 e. The Balaban J connectivity index is 0.00000450. The molecule has 1 saturated heterocycles. The first kappa shape index (κ1) is 27.1. The highest BCUT2D eigenvalue weighted by Gasteiger charge is 2.21. The fraction of sp³-hybridized carbons (Fsp3) is 0.667. The third-order valence-electron chi connectivity index (χ3n) is 5.18. The number of piperidine rings is 1. The van der Waals surface area contributed by atoms with Gasteiger partial charge in [-0.1, -0.05) is 6.07 Å². The lowest BCUT2D eigenvalue weighted by atomic mass is 9.97. The highest BCUT2D eigenvalue weighted by molar-refractivity contribution is 14.0. The number of sulfone groups is 1. The van der Waals surface area contributed by atoms with E-state index in [2.05, 4.69) is 34.4 Å². The van der Waals surface area contributed by atoms with Crippen molar-refractivity contribution in [3.05, 3.63) is 35.1 Å². The van der Waals surface area contributed by atoms with E-state index in [-0.39, 0.29) is 42.1 Å². The van der Waals surface area contributed by atoms with Gasteiger partial charge in [0.05, 0.1) is 12.3 Å². The van der Waals surface area contributed by atoms with E-state index in [1.165, 1.54) is 37.3 Å². The van der Waals surface area contributed by atoms with Crippen LogP contribution in [-0.2, 0) is 22.1 Å². The van der Waals surface area contributed by atoms with Crippen LogP contribution in [0.25, 0.3) is 0 Å². The number of nitrogens with one attached hydrogen (secondary N) is 2. The van der Waals surface area contributed by atoms with E-state index in [1.54, 1.807) is 0 Å². The molecule has 0 amide bonds. The average molecular weight is 555 g/mol. The molecule has 0 bridgehead atoms. The highest BCUT2D eigenvalue weighted by Crippen LogP contribution is 2.18. The van der Waals surface area contributed by atoms with E-state index >= 15 is 0 Å². The summed E-state index contributed by atoms with van der Waals surface area (Å²) in [6.07, 6.45) is 3.58. The van der Waals surface area contributed by atoms with Gasteiger partial charge < -0.3 is 15.5 Å². The zero-order valence-electron chi connectivity index (χ0n) is 18.4. The topological polar surface area (TPSA) is 73.8 Å². The maximum atomic E-state index is 13.7. The molecule has 1 unspecified atom stereocenters. The maximum Gasteiger partial charge on any atom is 0.191 e. The number of hydrogen-bond acceptors (Lipinski definition) is 4. The summed E-state index contributed by atoms with van der Waals surface area (Å²) in [5.41, 5.74) is 1.18. The first-order valence-electron chi connectivity index (χ1n) is 10.4. The molecule has 1 aliphatic rings. The van der Waals surface area contributed by atoms with Crippen LogP contribution in [0.5, 0.6) is 0 Å². The van der Waals surface area contributed by atoms with Crippen molar-refractivity contribution < 1.29 is 12.8 Å².